The highest BCUT2D eigenvalue weighted by atomic mass is 19.1. The second-order valence-electron chi connectivity index (χ2n) is 1.65. The molecule has 0 atom stereocenters. The van der Waals surface area contributed by atoms with Crippen LogP contribution < -0.4 is 5.32 Å². The van der Waals surface area contributed by atoms with Gasteiger partial charge in [0.05, 0.1) is 6.67 Å². The fourth-order valence-electron chi connectivity index (χ4n) is 0.461. The van der Waals surface area contributed by atoms with Crippen molar-refractivity contribution >= 4 is 5.91 Å². The molecular formula is C6H11FNO. The van der Waals surface area contributed by atoms with Gasteiger partial charge in [-0.1, -0.05) is 0 Å². The second-order valence-corrected chi connectivity index (χ2v) is 1.65. The molecule has 0 bridgehead atoms. The summed E-state index contributed by atoms with van der Waals surface area (Å²) in [5.74, 6) is -0.116. The van der Waals surface area contributed by atoms with Crippen molar-refractivity contribution in [3.8, 4) is 0 Å². The first-order chi connectivity index (χ1) is 4.31. The Kier molecular flexibility index (Phi) is 5.17. The molecule has 1 amide bonds. The maximum absolute atomic E-state index is 11.4. The van der Waals surface area contributed by atoms with Gasteiger partial charge in [-0.25, -0.2) is 0 Å². The van der Waals surface area contributed by atoms with Gasteiger partial charge in [0.1, 0.15) is 0 Å². The minimum atomic E-state index is -0.420. The molecule has 0 aliphatic rings. The van der Waals surface area contributed by atoms with Crippen LogP contribution >= 0.6 is 0 Å². The van der Waals surface area contributed by atoms with Gasteiger partial charge < -0.3 is 5.32 Å². The molecule has 0 heterocycles. The van der Waals surface area contributed by atoms with E-state index in [-0.39, 0.29) is 12.3 Å². The summed E-state index contributed by atoms with van der Waals surface area (Å²) in [5.41, 5.74) is 0. The molecule has 0 saturated carbocycles. The highest BCUT2D eigenvalue weighted by molar-refractivity contribution is 5.76. The van der Waals surface area contributed by atoms with E-state index >= 15 is 0 Å². The molecule has 53 valence electrons. The Morgan fingerprint density at radius 2 is 2.44 bits per heavy atom. The number of alkyl halides is 1. The van der Waals surface area contributed by atoms with E-state index in [1.54, 1.807) is 13.5 Å². The highest BCUT2D eigenvalue weighted by Gasteiger charge is 1.96. The SMILES string of the molecule is C[CH]NC(=O)CCCF. The maximum atomic E-state index is 11.4. The monoisotopic (exact) mass is 132 g/mol. The van der Waals surface area contributed by atoms with Crippen molar-refractivity contribution in [2.24, 2.45) is 0 Å². The Bertz CT molecular complexity index is 85.1. The van der Waals surface area contributed by atoms with E-state index < -0.39 is 6.67 Å². The van der Waals surface area contributed by atoms with Crippen LogP contribution in [0.5, 0.6) is 0 Å². The van der Waals surface area contributed by atoms with E-state index in [1.807, 2.05) is 0 Å². The Morgan fingerprint density at radius 1 is 1.78 bits per heavy atom. The smallest absolute Gasteiger partial charge is 0.220 e. The van der Waals surface area contributed by atoms with Gasteiger partial charge in [0.25, 0.3) is 0 Å². The first-order valence-electron chi connectivity index (χ1n) is 2.94. The van der Waals surface area contributed by atoms with E-state index in [0.717, 1.165) is 0 Å². The third kappa shape index (κ3) is 5.27. The van der Waals surface area contributed by atoms with Crippen molar-refractivity contribution < 1.29 is 9.18 Å². The molecule has 1 N–H and O–H groups in total. The summed E-state index contributed by atoms with van der Waals surface area (Å²) in [4.78, 5) is 10.5. The molecule has 0 saturated heterocycles. The minimum absolute atomic E-state index is 0.116. The molecule has 0 aliphatic heterocycles. The van der Waals surface area contributed by atoms with Crippen molar-refractivity contribution in [3.63, 3.8) is 0 Å². The van der Waals surface area contributed by atoms with Crippen LogP contribution in [-0.4, -0.2) is 12.6 Å². The molecule has 9 heavy (non-hydrogen) atoms. The molecule has 0 aromatic carbocycles. The van der Waals surface area contributed by atoms with Crippen molar-refractivity contribution in [1.82, 2.24) is 5.32 Å². The Labute approximate surface area is 54.4 Å². The summed E-state index contributed by atoms with van der Waals surface area (Å²) in [6, 6.07) is 0. The average molecular weight is 132 g/mol. The molecule has 3 heteroatoms. The first kappa shape index (κ1) is 8.40. The fraction of sp³-hybridized carbons (Fsp3) is 0.667. The quantitative estimate of drug-likeness (QED) is 0.608. The fourth-order valence-corrected chi connectivity index (χ4v) is 0.461. The topological polar surface area (TPSA) is 29.1 Å². The average Bonchev–Trinajstić information content (AvgIpc) is 1.85. The van der Waals surface area contributed by atoms with Crippen LogP contribution in [0.25, 0.3) is 0 Å². The first-order valence-corrected chi connectivity index (χ1v) is 2.94. The molecule has 2 nitrogen and oxygen atoms in total. The van der Waals surface area contributed by atoms with Gasteiger partial charge in [0.15, 0.2) is 0 Å². The zero-order chi connectivity index (χ0) is 7.11. The molecule has 1 radical (unpaired) electrons. The number of amides is 1. The normalized spacial score (nSPS) is 9.11. The van der Waals surface area contributed by atoms with E-state index in [9.17, 15) is 9.18 Å². The molecule has 0 spiro atoms. The largest absolute Gasteiger partial charge is 0.352 e. The van der Waals surface area contributed by atoms with Gasteiger partial charge in [-0.3, -0.25) is 9.18 Å². The van der Waals surface area contributed by atoms with Crippen LogP contribution in [0.4, 0.5) is 4.39 Å². The standard InChI is InChI=1S/C6H11FNO/c1-2-8-6(9)4-3-5-7/h2H,3-5H2,1H3,(H,8,9). The van der Waals surface area contributed by atoms with Crippen LogP contribution in [0.2, 0.25) is 0 Å². The van der Waals surface area contributed by atoms with Crippen LogP contribution in [0, 0.1) is 6.54 Å². The Balaban J connectivity index is 3.06. The number of carbonyl (C=O) groups is 1. The third-order valence-corrected chi connectivity index (χ3v) is 0.843. The van der Waals surface area contributed by atoms with Crippen molar-refractivity contribution in [3.05, 3.63) is 6.54 Å². The molecule has 0 aromatic heterocycles. The maximum Gasteiger partial charge on any atom is 0.220 e. The van der Waals surface area contributed by atoms with Gasteiger partial charge in [-0.2, -0.15) is 0 Å². The number of rotatable bonds is 4. The minimum Gasteiger partial charge on any atom is -0.352 e. The number of nitrogens with one attached hydrogen (secondary N) is 1. The predicted molar refractivity (Wildman–Crippen MR) is 33.3 cm³/mol. The number of halogens is 1. The summed E-state index contributed by atoms with van der Waals surface area (Å²) in [5, 5.41) is 2.45. The molecule has 0 aromatic rings. The summed E-state index contributed by atoms with van der Waals surface area (Å²) in [6.45, 7) is 2.84. The third-order valence-electron chi connectivity index (χ3n) is 0.843. The summed E-state index contributed by atoms with van der Waals surface area (Å²) >= 11 is 0. The lowest BCUT2D eigenvalue weighted by molar-refractivity contribution is -0.120. The van der Waals surface area contributed by atoms with Crippen LogP contribution in [0.1, 0.15) is 19.8 Å². The van der Waals surface area contributed by atoms with Crippen LogP contribution in [0.15, 0.2) is 0 Å². The summed E-state index contributed by atoms with van der Waals surface area (Å²) in [7, 11) is 0. The molecule has 0 fully saturated rings. The second kappa shape index (κ2) is 5.54. The highest BCUT2D eigenvalue weighted by Crippen LogP contribution is 1.88. The van der Waals surface area contributed by atoms with Gasteiger partial charge in [-0.05, 0) is 13.3 Å². The van der Waals surface area contributed by atoms with Crippen LogP contribution in [0.3, 0.4) is 0 Å². The Hall–Kier alpha value is -0.600. The zero-order valence-corrected chi connectivity index (χ0v) is 5.48. The van der Waals surface area contributed by atoms with Gasteiger partial charge in [0, 0.05) is 13.0 Å². The zero-order valence-electron chi connectivity index (χ0n) is 5.48. The number of carbonyl (C=O) groups excluding carboxylic acids is 1. The molecule has 0 unspecified atom stereocenters. The van der Waals surface area contributed by atoms with E-state index in [2.05, 4.69) is 5.32 Å². The van der Waals surface area contributed by atoms with Crippen molar-refractivity contribution in [1.29, 1.82) is 0 Å². The number of hydrogen-bond acceptors (Lipinski definition) is 1. The van der Waals surface area contributed by atoms with Crippen molar-refractivity contribution in [2.45, 2.75) is 19.8 Å². The van der Waals surface area contributed by atoms with E-state index in [1.165, 1.54) is 0 Å². The number of hydrogen-bond donors (Lipinski definition) is 1. The van der Waals surface area contributed by atoms with Gasteiger partial charge in [0.2, 0.25) is 5.91 Å². The summed E-state index contributed by atoms with van der Waals surface area (Å²) in [6.07, 6.45) is 0.598. The lowest BCUT2D eigenvalue weighted by atomic mass is 10.3. The lowest BCUT2D eigenvalue weighted by Gasteiger charge is -1.96. The van der Waals surface area contributed by atoms with Crippen LogP contribution in [-0.2, 0) is 4.79 Å². The van der Waals surface area contributed by atoms with Gasteiger partial charge in [-0.15, -0.1) is 0 Å². The predicted octanol–water partition coefficient (Wildman–Crippen LogP) is 1.03. The molecule has 0 aliphatic carbocycles. The molecule has 0 rings (SSSR count). The Morgan fingerprint density at radius 3 is 2.89 bits per heavy atom. The van der Waals surface area contributed by atoms with E-state index in [0.29, 0.717) is 6.42 Å². The molecular weight excluding hydrogens is 121 g/mol. The van der Waals surface area contributed by atoms with Gasteiger partial charge >= 0.3 is 0 Å². The van der Waals surface area contributed by atoms with Crippen molar-refractivity contribution in [2.75, 3.05) is 6.67 Å². The summed E-state index contributed by atoms with van der Waals surface area (Å²) < 4.78 is 11.4. The van der Waals surface area contributed by atoms with E-state index in [4.69, 9.17) is 0 Å². The lowest BCUT2D eigenvalue weighted by Crippen LogP contribution is -2.18.